The summed E-state index contributed by atoms with van der Waals surface area (Å²) in [5, 5.41) is 6.91. The number of hydrogen-bond donors (Lipinski definition) is 2. The van der Waals surface area contributed by atoms with E-state index in [2.05, 4.69) is 90.4 Å². The molecule has 0 aliphatic carbocycles. The van der Waals surface area contributed by atoms with Gasteiger partial charge in [0.25, 0.3) is 0 Å². The number of amides is 1. The second-order valence-electron chi connectivity index (χ2n) is 9.70. The standard InChI is InChI=1S/C14H20N2O2.C14H15N.C7H8/c1-2-18-14(17)16-10-8-13(9-11-16)15-12-6-4-3-5-7-12;1-3-7-13(8-4-1)11-15-12-14-9-5-2-6-10-14;1-7-5-3-2-4-6-7/h3-7,13,15H,2,8-11H2,1H3;1-10,15H,11-12H2;2-6H,1H3. The van der Waals surface area contributed by atoms with Gasteiger partial charge in [0, 0.05) is 37.9 Å². The van der Waals surface area contributed by atoms with Gasteiger partial charge in [0.2, 0.25) is 0 Å². The second kappa shape index (κ2) is 18.2. The maximum absolute atomic E-state index is 11.5. The molecule has 0 radical (unpaired) electrons. The van der Waals surface area contributed by atoms with Crippen molar-refractivity contribution in [3.8, 4) is 0 Å². The minimum Gasteiger partial charge on any atom is -0.450 e. The van der Waals surface area contributed by atoms with Crippen LogP contribution in [0.3, 0.4) is 0 Å². The van der Waals surface area contributed by atoms with Gasteiger partial charge >= 0.3 is 6.09 Å². The van der Waals surface area contributed by atoms with Gasteiger partial charge in [0.1, 0.15) is 0 Å². The lowest BCUT2D eigenvalue weighted by Gasteiger charge is -2.32. The molecule has 5 heteroatoms. The monoisotopic (exact) mass is 537 g/mol. The molecular formula is C35H43N3O2. The second-order valence-corrected chi connectivity index (χ2v) is 9.70. The predicted octanol–water partition coefficient (Wildman–Crippen LogP) is 7.69. The van der Waals surface area contributed by atoms with Gasteiger partial charge in [-0.15, -0.1) is 0 Å². The molecule has 5 nitrogen and oxygen atoms in total. The maximum atomic E-state index is 11.5. The molecule has 0 unspecified atom stereocenters. The predicted molar refractivity (Wildman–Crippen MR) is 166 cm³/mol. The molecule has 0 bridgehead atoms. The molecule has 0 saturated carbocycles. The van der Waals surface area contributed by atoms with Crippen molar-refractivity contribution in [3.05, 3.63) is 138 Å². The first-order valence-electron chi connectivity index (χ1n) is 14.2. The number of benzene rings is 4. The van der Waals surface area contributed by atoms with E-state index < -0.39 is 0 Å². The van der Waals surface area contributed by atoms with Gasteiger partial charge in [-0.2, -0.15) is 0 Å². The molecule has 1 fully saturated rings. The number of nitrogens with zero attached hydrogens (tertiary/aromatic N) is 1. The highest BCUT2D eigenvalue weighted by atomic mass is 16.6. The highest BCUT2D eigenvalue weighted by Crippen LogP contribution is 2.16. The van der Waals surface area contributed by atoms with E-state index in [1.807, 2.05) is 55.5 Å². The van der Waals surface area contributed by atoms with E-state index in [1.54, 1.807) is 4.90 Å². The van der Waals surface area contributed by atoms with Gasteiger partial charge in [0.15, 0.2) is 0 Å². The molecule has 2 N–H and O–H groups in total. The quantitative estimate of drug-likeness (QED) is 0.254. The van der Waals surface area contributed by atoms with Crippen LogP contribution >= 0.6 is 0 Å². The molecule has 1 aliphatic heterocycles. The number of aryl methyl sites for hydroxylation is 1. The first-order valence-corrected chi connectivity index (χ1v) is 14.2. The first-order chi connectivity index (χ1) is 19.6. The fourth-order valence-electron chi connectivity index (χ4n) is 4.27. The molecule has 0 spiro atoms. The molecule has 0 aromatic heterocycles. The number of hydrogen-bond acceptors (Lipinski definition) is 4. The number of anilines is 1. The Kier molecular flexibility index (Phi) is 13.9. The number of nitrogens with one attached hydrogen (secondary N) is 2. The molecular weight excluding hydrogens is 494 g/mol. The molecule has 4 aromatic carbocycles. The summed E-state index contributed by atoms with van der Waals surface area (Å²) in [6.07, 6.45) is 1.75. The summed E-state index contributed by atoms with van der Waals surface area (Å²) in [6.45, 7) is 7.75. The molecule has 40 heavy (non-hydrogen) atoms. The summed E-state index contributed by atoms with van der Waals surface area (Å²) in [5.41, 5.74) is 5.12. The van der Waals surface area contributed by atoms with E-state index in [1.165, 1.54) is 16.7 Å². The van der Waals surface area contributed by atoms with E-state index in [-0.39, 0.29) is 6.09 Å². The lowest BCUT2D eigenvalue weighted by atomic mass is 10.1. The Hall–Kier alpha value is -4.09. The van der Waals surface area contributed by atoms with E-state index in [0.717, 1.165) is 44.7 Å². The van der Waals surface area contributed by atoms with E-state index in [0.29, 0.717) is 12.6 Å². The Bertz CT molecular complexity index is 1140. The molecule has 1 heterocycles. The minimum absolute atomic E-state index is 0.185. The van der Waals surface area contributed by atoms with Crippen molar-refractivity contribution in [2.45, 2.75) is 45.8 Å². The number of likely N-dealkylation sites (tertiary alicyclic amines) is 1. The fourth-order valence-corrected chi connectivity index (χ4v) is 4.27. The van der Waals surface area contributed by atoms with Crippen molar-refractivity contribution in [2.75, 3.05) is 25.0 Å². The lowest BCUT2D eigenvalue weighted by Crippen LogP contribution is -2.42. The van der Waals surface area contributed by atoms with Crippen molar-refractivity contribution < 1.29 is 9.53 Å². The van der Waals surface area contributed by atoms with Crippen molar-refractivity contribution in [1.29, 1.82) is 0 Å². The van der Waals surface area contributed by atoms with Gasteiger partial charge in [-0.25, -0.2) is 4.79 Å². The third kappa shape index (κ3) is 12.2. The van der Waals surface area contributed by atoms with Crippen LogP contribution in [0.2, 0.25) is 0 Å². The van der Waals surface area contributed by atoms with Crippen LogP contribution in [0.1, 0.15) is 36.5 Å². The third-order valence-corrected chi connectivity index (χ3v) is 6.45. The van der Waals surface area contributed by atoms with Crippen LogP contribution in [0, 0.1) is 6.92 Å². The molecule has 1 saturated heterocycles. The van der Waals surface area contributed by atoms with Gasteiger partial charge in [-0.05, 0) is 49.9 Å². The molecule has 210 valence electrons. The van der Waals surface area contributed by atoms with E-state index >= 15 is 0 Å². The third-order valence-electron chi connectivity index (χ3n) is 6.45. The van der Waals surface area contributed by atoms with E-state index in [4.69, 9.17) is 4.74 Å². The van der Waals surface area contributed by atoms with Crippen LogP contribution in [0.15, 0.2) is 121 Å². The minimum atomic E-state index is -0.185. The Morgan fingerprint density at radius 1 is 0.725 bits per heavy atom. The molecule has 1 amide bonds. The Morgan fingerprint density at radius 3 is 1.60 bits per heavy atom. The molecule has 1 aliphatic rings. The fraction of sp³-hybridized carbons (Fsp3) is 0.286. The number of ether oxygens (including phenoxy) is 1. The van der Waals surface area contributed by atoms with Crippen molar-refractivity contribution >= 4 is 11.8 Å². The summed E-state index contributed by atoms with van der Waals surface area (Å²) < 4.78 is 5.00. The number of carbonyl (C=O) groups excluding carboxylic acids is 1. The highest BCUT2D eigenvalue weighted by molar-refractivity contribution is 5.67. The van der Waals surface area contributed by atoms with Gasteiger partial charge < -0.3 is 20.3 Å². The first kappa shape index (κ1) is 30.5. The summed E-state index contributed by atoms with van der Waals surface area (Å²) in [5.74, 6) is 0. The van der Waals surface area contributed by atoms with Gasteiger partial charge in [-0.3, -0.25) is 0 Å². The number of rotatable bonds is 7. The van der Waals surface area contributed by atoms with Gasteiger partial charge in [-0.1, -0.05) is 115 Å². The molecule has 0 atom stereocenters. The van der Waals surface area contributed by atoms with Crippen LogP contribution in [-0.4, -0.2) is 36.7 Å². The normalized spacial score (nSPS) is 12.7. The van der Waals surface area contributed by atoms with Crippen LogP contribution in [-0.2, 0) is 17.8 Å². The summed E-state index contributed by atoms with van der Waals surface area (Å²) in [4.78, 5) is 13.3. The van der Waals surface area contributed by atoms with Crippen molar-refractivity contribution in [1.82, 2.24) is 10.2 Å². The number of carbonyl (C=O) groups is 1. The van der Waals surface area contributed by atoms with Crippen LogP contribution in [0.25, 0.3) is 0 Å². The Morgan fingerprint density at radius 2 is 1.18 bits per heavy atom. The Labute approximate surface area is 240 Å². The van der Waals surface area contributed by atoms with Crippen LogP contribution in [0.5, 0.6) is 0 Å². The number of piperidine rings is 1. The summed E-state index contributed by atoms with van der Waals surface area (Å²) >= 11 is 0. The lowest BCUT2D eigenvalue weighted by molar-refractivity contribution is 0.0983. The number of para-hydroxylation sites is 1. The highest BCUT2D eigenvalue weighted by Gasteiger charge is 2.23. The van der Waals surface area contributed by atoms with Gasteiger partial charge in [0.05, 0.1) is 6.61 Å². The van der Waals surface area contributed by atoms with Crippen LogP contribution < -0.4 is 10.6 Å². The van der Waals surface area contributed by atoms with Crippen molar-refractivity contribution in [2.24, 2.45) is 0 Å². The zero-order chi connectivity index (χ0) is 28.3. The Balaban J connectivity index is 0.000000180. The zero-order valence-corrected chi connectivity index (χ0v) is 23.8. The largest absolute Gasteiger partial charge is 0.450 e. The summed E-state index contributed by atoms with van der Waals surface area (Å²) in [7, 11) is 0. The summed E-state index contributed by atoms with van der Waals surface area (Å²) in [6, 6.07) is 41.8. The topological polar surface area (TPSA) is 53.6 Å². The SMILES string of the molecule is CCOC(=O)N1CCC(Nc2ccccc2)CC1.Cc1ccccc1.c1ccc(CNCc2ccccc2)cc1. The smallest absolute Gasteiger partial charge is 0.409 e. The van der Waals surface area contributed by atoms with E-state index in [9.17, 15) is 4.79 Å². The average molecular weight is 538 g/mol. The zero-order valence-electron chi connectivity index (χ0n) is 23.8. The molecule has 5 rings (SSSR count). The maximum Gasteiger partial charge on any atom is 0.409 e. The average Bonchev–Trinajstić information content (AvgIpc) is 3.00. The van der Waals surface area contributed by atoms with Crippen LogP contribution in [0.4, 0.5) is 10.5 Å². The molecule has 4 aromatic rings. The van der Waals surface area contributed by atoms with Crippen molar-refractivity contribution in [3.63, 3.8) is 0 Å².